The lowest BCUT2D eigenvalue weighted by Crippen LogP contribution is -2.20. The van der Waals surface area contributed by atoms with E-state index in [1.54, 1.807) is 0 Å². The number of hydrogen-bond donors (Lipinski definition) is 1. The van der Waals surface area contributed by atoms with Gasteiger partial charge in [-0.25, -0.2) is 0 Å². The van der Waals surface area contributed by atoms with Gasteiger partial charge in [0.25, 0.3) is 0 Å². The minimum absolute atomic E-state index is 0.0699. The van der Waals surface area contributed by atoms with Crippen molar-refractivity contribution in [3.05, 3.63) is 21.7 Å². The smallest absolute Gasteiger partial charge is 0.166 e. The first-order valence-corrected chi connectivity index (χ1v) is 6.93. The normalized spacial score (nSPS) is 22.8. The Bertz CT molecular complexity index is 448. The van der Waals surface area contributed by atoms with Gasteiger partial charge in [0.05, 0.1) is 0 Å². The molecule has 0 fully saturated rings. The number of halogens is 1. The molecule has 3 nitrogen and oxygen atoms in total. The van der Waals surface area contributed by atoms with Crippen LogP contribution in [0.25, 0.3) is 0 Å². The summed E-state index contributed by atoms with van der Waals surface area (Å²) in [6, 6.07) is 2.09. The van der Waals surface area contributed by atoms with Gasteiger partial charge in [-0.2, -0.15) is 0 Å². The van der Waals surface area contributed by atoms with E-state index in [4.69, 9.17) is 15.2 Å². The van der Waals surface area contributed by atoms with Crippen LogP contribution in [-0.4, -0.2) is 13.2 Å². The maximum Gasteiger partial charge on any atom is 0.166 e. The molecule has 0 radical (unpaired) electrons. The van der Waals surface area contributed by atoms with Gasteiger partial charge in [-0.15, -0.1) is 0 Å². The van der Waals surface area contributed by atoms with Crippen LogP contribution in [0.5, 0.6) is 11.5 Å². The summed E-state index contributed by atoms with van der Waals surface area (Å²) in [5.41, 5.74) is 8.75. The number of rotatable bonds is 0. The summed E-state index contributed by atoms with van der Waals surface area (Å²) in [6.45, 7) is 1.24. The second-order valence-electron chi connectivity index (χ2n) is 4.63. The van der Waals surface area contributed by atoms with E-state index >= 15 is 0 Å². The topological polar surface area (TPSA) is 44.5 Å². The summed E-state index contributed by atoms with van der Waals surface area (Å²) in [5, 5.41) is 0. The average Bonchev–Trinajstić information content (AvgIpc) is 2.52. The number of fused-ring (bicyclic) bond motifs is 3. The largest absolute Gasteiger partial charge is 0.486 e. The van der Waals surface area contributed by atoms with Gasteiger partial charge in [0.15, 0.2) is 11.5 Å². The van der Waals surface area contributed by atoms with Crippen molar-refractivity contribution < 1.29 is 9.47 Å². The Morgan fingerprint density at radius 1 is 1.24 bits per heavy atom. The van der Waals surface area contributed by atoms with Gasteiger partial charge in [-0.1, -0.05) is 22.4 Å². The lowest BCUT2D eigenvalue weighted by molar-refractivity contribution is 0.168. The molecule has 0 spiro atoms. The number of hydrogen-bond acceptors (Lipinski definition) is 3. The molecule has 0 amide bonds. The molecule has 0 aromatic heterocycles. The van der Waals surface area contributed by atoms with Crippen molar-refractivity contribution in [2.75, 3.05) is 13.2 Å². The lowest BCUT2D eigenvalue weighted by Gasteiger charge is -2.25. The summed E-state index contributed by atoms with van der Waals surface area (Å²) >= 11 is 3.63. The molecule has 1 aliphatic carbocycles. The Balaban J connectivity index is 2.19. The van der Waals surface area contributed by atoms with E-state index < -0.39 is 0 Å². The van der Waals surface area contributed by atoms with Gasteiger partial charge >= 0.3 is 0 Å². The molecule has 1 aromatic carbocycles. The third kappa shape index (κ3) is 1.93. The predicted molar refractivity (Wildman–Crippen MR) is 69.6 cm³/mol. The third-order valence-corrected chi connectivity index (χ3v) is 4.20. The molecule has 0 saturated carbocycles. The fraction of sp³-hybridized carbons (Fsp3) is 0.538. The first-order valence-electron chi connectivity index (χ1n) is 6.14. The molecule has 1 aliphatic heterocycles. The Hall–Kier alpha value is -0.740. The Morgan fingerprint density at radius 2 is 2.06 bits per heavy atom. The highest BCUT2D eigenvalue weighted by atomic mass is 79.9. The summed E-state index contributed by atoms with van der Waals surface area (Å²) < 4.78 is 12.5. The van der Waals surface area contributed by atoms with Gasteiger partial charge in [-0.3, -0.25) is 0 Å². The first-order chi connectivity index (χ1) is 8.27. The van der Waals surface area contributed by atoms with Crippen LogP contribution in [0.1, 0.15) is 36.4 Å². The van der Waals surface area contributed by atoms with Crippen molar-refractivity contribution in [3.8, 4) is 11.5 Å². The lowest BCUT2D eigenvalue weighted by atomic mass is 9.97. The average molecular weight is 298 g/mol. The van der Waals surface area contributed by atoms with E-state index in [9.17, 15) is 0 Å². The van der Waals surface area contributed by atoms with Crippen LogP contribution in [0.3, 0.4) is 0 Å². The molecule has 0 bridgehead atoms. The van der Waals surface area contributed by atoms with Crippen LogP contribution in [0.2, 0.25) is 0 Å². The van der Waals surface area contributed by atoms with Crippen LogP contribution in [0.15, 0.2) is 10.5 Å². The van der Waals surface area contributed by atoms with Crippen LogP contribution < -0.4 is 15.2 Å². The molecule has 17 heavy (non-hydrogen) atoms. The monoisotopic (exact) mass is 297 g/mol. The van der Waals surface area contributed by atoms with Gasteiger partial charge in [0.1, 0.15) is 13.2 Å². The molecular formula is C13H16BrNO2. The zero-order chi connectivity index (χ0) is 11.8. The molecule has 0 saturated heterocycles. The third-order valence-electron chi connectivity index (χ3n) is 3.49. The second kappa shape index (κ2) is 4.50. The molecule has 1 atom stereocenters. The molecule has 4 heteroatoms. The van der Waals surface area contributed by atoms with E-state index in [1.807, 2.05) is 6.07 Å². The highest BCUT2D eigenvalue weighted by Gasteiger charge is 2.27. The van der Waals surface area contributed by atoms with Crippen molar-refractivity contribution in [3.63, 3.8) is 0 Å². The highest BCUT2D eigenvalue weighted by Crippen LogP contribution is 2.45. The van der Waals surface area contributed by atoms with E-state index in [0.29, 0.717) is 13.2 Å². The predicted octanol–water partition coefficient (Wildman–Crippen LogP) is 2.95. The van der Waals surface area contributed by atoms with Crippen LogP contribution in [-0.2, 0) is 6.42 Å². The molecule has 2 N–H and O–H groups in total. The summed E-state index contributed by atoms with van der Waals surface area (Å²) in [6.07, 6.45) is 4.47. The first kappa shape index (κ1) is 11.4. The zero-order valence-electron chi connectivity index (χ0n) is 9.67. The molecule has 92 valence electrons. The van der Waals surface area contributed by atoms with Crippen LogP contribution in [0.4, 0.5) is 0 Å². The molecule has 1 aromatic rings. The second-order valence-corrected chi connectivity index (χ2v) is 5.48. The van der Waals surface area contributed by atoms with Gasteiger partial charge < -0.3 is 15.2 Å². The summed E-state index contributed by atoms with van der Waals surface area (Å²) in [4.78, 5) is 0. The number of benzene rings is 1. The Morgan fingerprint density at radius 3 is 2.94 bits per heavy atom. The van der Waals surface area contributed by atoms with Gasteiger partial charge in [0, 0.05) is 16.1 Å². The van der Waals surface area contributed by atoms with Crippen molar-refractivity contribution >= 4 is 15.9 Å². The van der Waals surface area contributed by atoms with E-state index in [1.165, 1.54) is 18.4 Å². The summed E-state index contributed by atoms with van der Waals surface area (Å²) in [7, 11) is 0. The molecule has 3 rings (SSSR count). The molecule has 2 aliphatic rings. The highest BCUT2D eigenvalue weighted by molar-refractivity contribution is 9.10. The van der Waals surface area contributed by atoms with Crippen molar-refractivity contribution in [2.45, 2.75) is 31.7 Å². The standard InChI is InChI=1S/C13H16BrNO2/c14-9-7-11-13(17-6-5-16-11)12-8(9)3-1-2-4-10(12)15/h7,10H,1-6,15H2/t10-/m1/s1. The minimum atomic E-state index is 0.0699. The minimum Gasteiger partial charge on any atom is -0.486 e. The van der Waals surface area contributed by atoms with Crippen molar-refractivity contribution in [1.29, 1.82) is 0 Å². The molecule has 1 heterocycles. The zero-order valence-corrected chi connectivity index (χ0v) is 11.3. The quantitative estimate of drug-likeness (QED) is 0.749. The van der Waals surface area contributed by atoms with Crippen molar-refractivity contribution in [2.24, 2.45) is 5.73 Å². The fourth-order valence-corrected chi connectivity index (χ4v) is 3.29. The fourth-order valence-electron chi connectivity index (χ4n) is 2.67. The number of ether oxygens (including phenoxy) is 2. The molecular weight excluding hydrogens is 282 g/mol. The maximum absolute atomic E-state index is 6.28. The Labute approximate surface area is 109 Å². The van der Waals surface area contributed by atoms with E-state index in [-0.39, 0.29) is 6.04 Å². The SMILES string of the molecule is N[C@@H]1CCCCc2c(Br)cc3c(c21)OCCO3. The van der Waals surface area contributed by atoms with Crippen LogP contribution >= 0.6 is 15.9 Å². The van der Waals surface area contributed by atoms with Crippen molar-refractivity contribution in [1.82, 2.24) is 0 Å². The summed E-state index contributed by atoms with van der Waals surface area (Å²) in [5.74, 6) is 1.71. The molecule has 0 unspecified atom stereocenters. The Kier molecular flexibility index (Phi) is 3.01. The number of nitrogens with two attached hydrogens (primary N) is 1. The van der Waals surface area contributed by atoms with E-state index in [0.717, 1.165) is 34.4 Å². The van der Waals surface area contributed by atoms with E-state index in [2.05, 4.69) is 15.9 Å². The maximum atomic E-state index is 6.28. The van der Waals surface area contributed by atoms with Gasteiger partial charge in [-0.05, 0) is 30.9 Å². The van der Waals surface area contributed by atoms with Gasteiger partial charge in [0.2, 0.25) is 0 Å². The van der Waals surface area contributed by atoms with Crippen LogP contribution in [0, 0.1) is 0 Å².